The molecule has 34 heavy (non-hydrogen) atoms. The number of fused-ring (bicyclic) bond motifs is 1. The molecule has 8 nitrogen and oxygen atoms in total. The summed E-state index contributed by atoms with van der Waals surface area (Å²) in [5.41, 5.74) is 8.65. The smallest absolute Gasteiger partial charge is 0.354 e. The van der Waals surface area contributed by atoms with Gasteiger partial charge in [-0.15, -0.1) is 11.8 Å². The summed E-state index contributed by atoms with van der Waals surface area (Å²) in [6.07, 6.45) is 4.86. The van der Waals surface area contributed by atoms with E-state index in [0.717, 1.165) is 16.2 Å². The molecular formula is C25H30N4O4S. The number of nitrogens with zero attached hydrogens (tertiary/aromatic N) is 3. The highest BCUT2D eigenvalue weighted by Crippen LogP contribution is 2.38. The minimum absolute atomic E-state index is 0.0329. The number of carboxylic acids is 1. The van der Waals surface area contributed by atoms with Crippen LogP contribution in [0.15, 0.2) is 64.8 Å². The topological polar surface area (TPSA) is 111 Å². The molecule has 0 saturated heterocycles. The fourth-order valence-corrected chi connectivity index (χ4v) is 4.22. The highest BCUT2D eigenvalue weighted by molar-refractivity contribution is 8.00. The molecule has 0 saturated carbocycles. The lowest BCUT2D eigenvalue weighted by molar-refractivity contribution is -0.129. The maximum Gasteiger partial charge on any atom is 0.354 e. The van der Waals surface area contributed by atoms with Crippen molar-refractivity contribution in [3.05, 3.63) is 66.1 Å². The van der Waals surface area contributed by atoms with Gasteiger partial charge in [0.25, 0.3) is 0 Å². The number of aromatic nitrogens is 2. The number of carbonyl (C=O) groups is 1. The molecule has 0 spiro atoms. The van der Waals surface area contributed by atoms with Crippen molar-refractivity contribution in [3.8, 4) is 5.75 Å². The number of aliphatic imine (C=N–C) groups is 1. The normalized spacial score (nSPS) is 12.8. The molecule has 0 aliphatic carbocycles. The number of benzene rings is 1. The standard InChI is InChI=1S/C25H30N4O4S/c1-25(2,3)34-22-15-29-20(14-28-23(29)13-21(22)32-4)18(26)12-19(24(30)31)27-10-11-33-16-17-8-6-5-7-9-17/h5-9,12-15H,10-11,16,26H2,1-4H3,(H,30,31)/b18-12-,27-19?. The lowest BCUT2D eigenvalue weighted by Crippen LogP contribution is -2.15. The molecule has 0 aliphatic heterocycles. The molecule has 0 aliphatic rings. The Hall–Kier alpha value is -3.30. The van der Waals surface area contributed by atoms with Gasteiger partial charge in [0.15, 0.2) is 0 Å². The summed E-state index contributed by atoms with van der Waals surface area (Å²) in [6, 6.07) is 11.6. The monoisotopic (exact) mass is 482 g/mol. The minimum Gasteiger partial charge on any atom is -0.495 e. The molecule has 3 aromatic rings. The number of rotatable bonds is 10. The van der Waals surface area contributed by atoms with E-state index in [9.17, 15) is 9.90 Å². The largest absolute Gasteiger partial charge is 0.495 e. The zero-order valence-corrected chi connectivity index (χ0v) is 20.6. The number of hydrogen-bond donors (Lipinski definition) is 2. The fraction of sp³-hybridized carbons (Fsp3) is 0.320. The second kappa shape index (κ2) is 11.2. The van der Waals surface area contributed by atoms with Crippen LogP contribution in [0.25, 0.3) is 11.3 Å². The van der Waals surface area contributed by atoms with Crippen molar-refractivity contribution in [2.45, 2.75) is 37.0 Å². The van der Waals surface area contributed by atoms with Crippen molar-refractivity contribution in [1.82, 2.24) is 9.38 Å². The summed E-state index contributed by atoms with van der Waals surface area (Å²) in [5, 5.41) is 9.59. The van der Waals surface area contributed by atoms with Crippen LogP contribution < -0.4 is 10.5 Å². The van der Waals surface area contributed by atoms with E-state index in [4.69, 9.17) is 15.2 Å². The predicted octanol–water partition coefficient (Wildman–Crippen LogP) is 4.28. The van der Waals surface area contributed by atoms with Crippen molar-refractivity contribution in [2.75, 3.05) is 20.3 Å². The second-order valence-electron chi connectivity index (χ2n) is 8.50. The van der Waals surface area contributed by atoms with Crippen molar-refractivity contribution in [3.63, 3.8) is 0 Å². The van der Waals surface area contributed by atoms with Gasteiger partial charge in [-0.3, -0.25) is 9.39 Å². The van der Waals surface area contributed by atoms with Crippen LogP contribution in [0, 0.1) is 0 Å². The third-order valence-corrected chi connectivity index (χ3v) is 5.79. The van der Waals surface area contributed by atoms with Gasteiger partial charge in [-0.2, -0.15) is 0 Å². The molecule has 0 radical (unpaired) electrons. The molecule has 180 valence electrons. The number of ether oxygens (including phenoxy) is 2. The number of aliphatic carboxylic acids is 1. The van der Waals surface area contributed by atoms with Gasteiger partial charge in [0.05, 0.1) is 49.4 Å². The Bertz CT molecular complexity index is 1200. The van der Waals surface area contributed by atoms with Gasteiger partial charge >= 0.3 is 5.97 Å². The van der Waals surface area contributed by atoms with Crippen LogP contribution >= 0.6 is 11.8 Å². The van der Waals surface area contributed by atoms with Gasteiger partial charge in [0.2, 0.25) is 0 Å². The SMILES string of the molecule is COc1cc2ncc(/C(N)=C/C(=NCCOCc3ccccc3)C(=O)O)n2cc1SC(C)(C)C. The third-order valence-electron chi connectivity index (χ3n) is 4.65. The Morgan fingerprint density at radius 1 is 1.29 bits per heavy atom. The first kappa shape index (κ1) is 25.3. The molecule has 2 heterocycles. The van der Waals surface area contributed by atoms with E-state index in [2.05, 4.69) is 30.7 Å². The number of imidazole rings is 1. The highest BCUT2D eigenvalue weighted by Gasteiger charge is 2.18. The van der Waals surface area contributed by atoms with Gasteiger partial charge in [-0.25, -0.2) is 9.78 Å². The Balaban J connectivity index is 1.78. The maximum absolute atomic E-state index is 11.7. The van der Waals surface area contributed by atoms with Gasteiger partial charge < -0.3 is 20.3 Å². The Morgan fingerprint density at radius 3 is 2.68 bits per heavy atom. The summed E-state index contributed by atoms with van der Waals surface area (Å²) in [7, 11) is 1.62. The number of thioether (sulfide) groups is 1. The molecule has 1 aromatic carbocycles. The van der Waals surface area contributed by atoms with E-state index >= 15 is 0 Å². The summed E-state index contributed by atoms with van der Waals surface area (Å²) in [5.74, 6) is -0.444. The molecule has 0 bridgehead atoms. The van der Waals surface area contributed by atoms with Gasteiger partial charge in [-0.05, 0) is 11.6 Å². The Kier molecular flexibility index (Phi) is 8.36. The number of hydrogen-bond acceptors (Lipinski definition) is 7. The molecule has 3 rings (SSSR count). The van der Waals surface area contributed by atoms with Crippen LogP contribution in [0.5, 0.6) is 5.75 Å². The average Bonchev–Trinajstić information content (AvgIpc) is 3.19. The van der Waals surface area contributed by atoms with Crippen LogP contribution in [-0.4, -0.2) is 51.2 Å². The van der Waals surface area contributed by atoms with E-state index in [0.29, 0.717) is 24.6 Å². The Labute approximate surface area is 203 Å². The first-order chi connectivity index (χ1) is 16.2. The molecule has 0 fully saturated rings. The number of nitrogens with two attached hydrogens (primary N) is 1. The quantitative estimate of drug-likeness (QED) is 0.252. The summed E-state index contributed by atoms with van der Waals surface area (Å²) < 4.78 is 12.9. The number of methoxy groups -OCH3 is 1. The molecule has 2 aromatic heterocycles. The van der Waals surface area contributed by atoms with Crippen LogP contribution in [0.2, 0.25) is 0 Å². The number of pyridine rings is 1. The van der Waals surface area contributed by atoms with E-state index in [1.54, 1.807) is 25.1 Å². The first-order valence-electron chi connectivity index (χ1n) is 10.8. The van der Waals surface area contributed by atoms with Gasteiger partial charge in [0.1, 0.15) is 17.1 Å². The van der Waals surface area contributed by atoms with Crippen molar-refractivity contribution >= 4 is 34.8 Å². The predicted molar refractivity (Wildman–Crippen MR) is 136 cm³/mol. The summed E-state index contributed by atoms with van der Waals surface area (Å²) in [6.45, 7) is 7.28. The van der Waals surface area contributed by atoms with Crippen LogP contribution in [0.4, 0.5) is 0 Å². The van der Waals surface area contributed by atoms with Crippen molar-refractivity contribution in [2.24, 2.45) is 10.7 Å². The lowest BCUT2D eigenvalue weighted by Gasteiger charge is -2.19. The highest BCUT2D eigenvalue weighted by atomic mass is 32.2. The first-order valence-corrected chi connectivity index (χ1v) is 11.6. The molecule has 0 unspecified atom stereocenters. The van der Waals surface area contributed by atoms with Crippen molar-refractivity contribution < 1.29 is 19.4 Å². The van der Waals surface area contributed by atoms with Crippen molar-refractivity contribution in [1.29, 1.82) is 0 Å². The third kappa shape index (κ3) is 6.85. The molecular weight excluding hydrogens is 452 g/mol. The minimum atomic E-state index is -1.16. The van der Waals surface area contributed by atoms with E-state index in [1.807, 2.05) is 47.0 Å². The van der Waals surface area contributed by atoms with Crippen LogP contribution in [0.3, 0.4) is 0 Å². The molecule has 3 N–H and O–H groups in total. The van der Waals surface area contributed by atoms with Gasteiger partial charge in [-0.1, -0.05) is 51.1 Å². The average molecular weight is 483 g/mol. The number of carboxylic acid groups (broad SMARTS) is 1. The van der Waals surface area contributed by atoms with E-state index in [-0.39, 0.29) is 22.7 Å². The summed E-state index contributed by atoms with van der Waals surface area (Å²) in [4.78, 5) is 21.2. The fourth-order valence-electron chi connectivity index (χ4n) is 3.16. The van der Waals surface area contributed by atoms with E-state index < -0.39 is 5.97 Å². The molecule has 9 heteroatoms. The zero-order chi connectivity index (χ0) is 24.7. The maximum atomic E-state index is 11.7. The zero-order valence-electron chi connectivity index (χ0n) is 19.8. The van der Waals surface area contributed by atoms with Crippen LogP contribution in [-0.2, 0) is 16.1 Å². The lowest BCUT2D eigenvalue weighted by atomic mass is 10.2. The molecule has 0 atom stereocenters. The molecule has 0 amide bonds. The van der Waals surface area contributed by atoms with Gasteiger partial charge in [0, 0.05) is 17.0 Å². The van der Waals surface area contributed by atoms with Crippen LogP contribution in [0.1, 0.15) is 32.0 Å². The Morgan fingerprint density at radius 2 is 2.03 bits per heavy atom. The summed E-state index contributed by atoms with van der Waals surface area (Å²) >= 11 is 1.66. The van der Waals surface area contributed by atoms with E-state index in [1.165, 1.54) is 6.08 Å². The second-order valence-corrected chi connectivity index (χ2v) is 10.4.